The molecule has 6 nitrogen and oxygen atoms in total. The third-order valence-electron chi connectivity index (χ3n) is 3.33. The molecule has 0 saturated heterocycles. The van der Waals surface area contributed by atoms with E-state index in [2.05, 4.69) is 15.0 Å². The van der Waals surface area contributed by atoms with Crippen molar-refractivity contribution in [1.29, 1.82) is 0 Å². The van der Waals surface area contributed by atoms with Crippen LogP contribution < -0.4 is 10.3 Å². The minimum Gasteiger partial charge on any atom is -0.425 e. The van der Waals surface area contributed by atoms with Crippen LogP contribution in [0.15, 0.2) is 35.4 Å². The van der Waals surface area contributed by atoms with Crippen molar-refractivity contribution >= 4 is 11.2 Å². The molecule has 0 saturated carbocycles. The lowest BCUT2D eigenvalue weighted by atomic mass is 10.2. The van der Waals surface area contributed by atoms with Crippen LogP contribution in [0.1, 0.15) is 18.9 Å². The van der Waals surface area contributed by atoms with Crippen molar-refractivity contribution in [3.8, 4) is 11.8 Å². The minimum absolute atomic E-state index is 0.0588. The summed E-state index contributed by atoms with van der Waals surface area (Å²) in [5.74, 6) is -0.0588. The van der Waals surface area contributed by atoms with Crippen LogP contribution >= 0.6 is 0 Å². The smallest absolute Gasteiger partial charge is 0.416 e. The second kappa shape index (κ2) is 5.99. The Bertz CT molecular complexity index is 930. The predicted molar refractivity (Wildman–Crippen MR) is 80.0 cm³/mol. The highest BCUT2D eigenvalue weighted by molar-refractivity contribution is 5.68. The van der Waals surface area contributed by atoms with Gasteiger partial charge in [-0.05, 0) is 24.6 Å². The highest BCUT2D eigenvalue weighted by Gasteiger charge is 2.30. The molecule has 9 heteroatoms. The zero-order chi connectivity index (χ0) is 17.3. The molecule has 24 heavy (non-hydrogen) atoms. The Morgan fingerprint density at radius 1 is 1.33 bits per heavy atom. The van der Waals surface area contributed by atoms with Gasteiger partial charge in [0.1, 0.15) is 5.75 Å². The number of hydrogen-bond acceptors (Lipinski definition) is 4. The van der Waals surface area contributed by atoms with Crippen LogP contribution in [0, 0.1) is 0 Å². The van der Waals surface area contributed by atoms with E-state index >= 15 is 0 Å². The number of benzene rings is 1. The number of nitrogens with one attached hydrogen (secondary N) is 1. The lowest BCUT2D eigenvalue weighted by Crippen LogP contribution is -2.23. The highest BCUT2D eigenvalue weighted by atomic mass is 19.4. The van der Waals surface area contributed by atoms with Crippen LogP contribution in [0.4, 0.5) is 13.2 Å². The molecule has 0 aliphatic carbocycles. The largest absolute Gasteiger partial charge is 0.425 e. The van der Waals surface area contributed by atoms with Gasteiger partial charge in [-0.15, -0.1) is 0 Å². The van der Waals surface area contributed by atoms with Crippen molar-refractivity contribution in [2.45, 2.75) is 26.1 Å². The van der Waals surface area contributed by atoms with Gasteiger partial charge in [0.2, 0.25) is 0 Å². The van der Waals surface area contributed by atoms with E-state index in [4.69, 9.17) is 4.74 Å². The van der Waals surface area contributed by atoms with Gasteiger partial charge in [0.25, 0.3) is 5.56 Å². The summed E-state index contributed by atoms with van der Waals surface area (Å²) in [7, 11) is 0. The van der Waals surface area contributed by atoms with E-state index < -0.39 is 11.7 Å². The summed E-state index contributed by atoms with van der Waals surface area (Å²) in [5, 5.41) is 0. The van der Waals surface area contributed by atoms with Crippen molar-refractivity contribution in [1.82, 2.24) is 19.5 Å². The van der Waals surface area contributed by atoms with Crippen molar-refractivity contribution in [3.63, 3.8) is 0 Å². The van der Waals surface area contributed by atoms with Crippen molar-refractivity contribution in [2.24, 2.45) is 0 Å². The molecule has 0 aliphatic rings. The topological polar surface area (TPSA) is 72.8 Å². The van der Waals surface area contributed by atoms with Crippen LogP contribution in [0.5, 0.6) is 11.8 Å². The van der Waals surface area contributed by atoms with Crippen LogP contribution in [0.2, 0.25) is 0 Å². The van der Waals surface area contributed by atoms with Gasteiger partial charge >= 0.3 is 12.2 Å². The molecule has 0 atom stereocenters. The zero-order valence-corrected chi connectivity index (χ0v) is 12.6. The molecule has 0 radical (unpaired) electrons. The van der Waals surface area contributed by atoms with Crippen LogP contribution in [0.3, 0.4) is 0 Å². The molecule has 1 aromatic carbocycles. The average Bonchev–Trinajstić information content (AvgIpc) is 2.99. The number of fused-ring (bicyclic) bond motifs is 1. The van der Waals surface area contributed by atoms with Crippen LogP contribution in [-0.4, -0.2) is 19.5 Å². The van der Waals surface area contributed by atoms with Crippen molar-refractivity contribution in [3.05, 3.63) is 46.5 Å². The standard InChI is InChI=1S/C15H13F3N4O2/c1-2-6-22-13(23)11-12(20-8-19-11)21-14(22)24-10-5-3-4-9(7-10)15(16,17)18/h3-5,7-8H,2,6H2,1H3,(H,19,20). The third-order valence-corrected chi connectivity index (χ3v) is 3.33. The van der Waals surface area contributed by atoms with Gasteiger partial charge in [0, 0.05) is 6.54 Å². The fourth-order valence-electron chi connectivity index (χ4n) is 2.24. The molecule has 126 valence electrons. The lowest BCUT2D eigenvalue weighted by molar-refractivity contribution is -0.137. The predicted octanol–water partition coefficient (Wildman–Crippen LogP) is 3.34. The molecular formula is C15H13F3N4O2. The van der Waals surface area contributed by atoms with E-state index in [1.54, 1.807) is 0 Å². The second-order valence-electron chi connectivity index (χ2n) is 5.08. The monoisotopic (exact) mass is 338 g/mol. The Morgan fingerprint density at radius 2 is 2.12 bits per heavy atom. The number of nitrogens with zero attached hydrogens (tertiary/aromatic N) is 3. The number of hydrogen-bond donors (Lipinski definition) is 1. The first-order chi connectivity index (χ1) is 11.4. The molecule has 3 rings (SSSR count). The summed E-state index contributed by atoms with van der Waals surface area (Å²) < 4.78 is 45.1. The molecule has 0 spiro atoms. The molecule has 0 amide bonds. The van der Waals surface area contributed by atoms with E-state index in [0.717, 1.165) is 12.1 Å². The maximum atomic E-state index is 12.8. The number of ether oxygens (including phenoxy) is 1. The van der Waals surface area contributed by atoms with Gasteiger partial charge in [-0.2, -0.15) is 18.2 Å². The summed E-state index contributed by atoms with van der Waals surface area (Å²) in [4.78, 5) is 23.1. The Labute approximate surface area is 133 Å². The number of aromatic amines is 1. The third kappa shape index (κ3) is 2.97. The van der Waals surface area contributed by atoms with Crippen molar-refractivity contribution < 1.29 is 17.9 Å². The first-order valence-corrected chi connectivity index (χ1v) is 7.19. The van der Waals surface area contributed by atoms with Gasteiger partial charge in [0.15, 0.2) is 11.2 Å². The maximum Gasteiger partial charge on any atom is 0.416 e. The molecule has 0 bridgehead atoms. The van der Waals surface area contributed by atoms with Crippen LogP contribution in [0.25, 0.3) is 11.2 Å². The fourth-order valence-corrected chi connectivity index (χ4v) is 2.24. The van der Waals surface area contributed by atoms with Gasteiger partial charge in [-0.1, -0.05) is 13.0 Å². The summed E-state index contributed by atoms with van der Waals surface area (Å²) in [6.07, 6.45) is -2.54. The van der Waals surface area contributed by atoms with E-state index in [0.29, 0.717) is 13.0 Å². The minimum atomic E-state index is -4.48. The van der Waals surface area contributed by atoms with E-state index in [-0.39, 0.29) is 28.5 Å². The van der Waals surface area contributed by atoms with Gasteiger partial charge < -0.3 is 9.72 Å². The quantitative estimate of drug-likeness (QED) is 0.792. The first-order valence-electron chi connectivity index (χ1n) is 7.19. The number of H-pyrrole nitrogens is 1. The fraction of sp³-hybridized carbons (Fsp3) is 0.267. The van der Waals surface area contributed by atoms with E-state index in [1.807, 2.05) is 6.92 Å². The summed E-state index contributed by atoms with van der Waals surface area (Å²) >= 11 is 0. The molecule has 3 aromatic rings. The number of imidazole rings is 1. The van der Waals surface area contributed by atoms with E-state index in [1.165, 1.54) is 23.0 Å². The number of aromatic nitrogens is 4. The number of alkyl halides is 3. The van der Waals surface area contributed by atoms with Gasteiger partial charge in [-0.3, -0.25) is 9.36 Å². The molecule has 0 fully saturated rings. The lowest BCUT2D eigenvalue weighted by Gasteiger charge is -2.13. The Balaban J connectivity index is 2.06. The normalized spacial score (nSPS) is 11.8. The Morgan fingerprint density at radius 3 is 2.83 bits per heavy atom. The molecule has 2 heterocycles. The Kier molecular flexibility index (Phi) is 4.00. The molecule has 2 aromatic heterocycles. The molecule has 0 aliphatic heterocycles. The average molecular weight is 338 g/mol. The second-order valence-corrected chi connectivity index (χ2v) is 5.08. The molecule has 0 unspecified atom stereocenters. The zero-order valence-electron chi connectivity index (χ0n) is 12.6. The summed E-state index contributed by atoms with van der Waals surface area (Å²) in [6.45, 7) is 2.17. The Hall–Kier alpha value is -2.84. The van der Waals surface area contributed by atoms with E-state index in [9.17, 15) is 18.0 Å². The molecular weight excluding hydrogens is 325 g/mol. The maximum absolute atomic E-state index is 12.8. The summed E-state index contributed by atoms with van der Waals surface area (Å²) in [5.41, 5.74) is -0.860. The highest BCUT2D eigenvalue weighted by Crippen LogP contribution is 2.32. The number of rotatable bonds is 4. The van der Waals surface area contributed by atoms with Crippen LogP contribution in [-0.2, 0) is 12.7 Å². The van der Waals surface area contributed by atoms with Crippen molar-refractivity contribution in [2.75, 3.05) is 0 Å². The summed E-state index contributed by atoms with van der Waals surface area (Å²) in [6, 6.07) is 4.30. The van der Waals surface area contributed by atoms with Gasteiger partial charge in [-0.25, -0.2) is 4.98 Å². The first kappa shape index (κ1) is 16.0. The SMILES string of the molecule is CCCn1c(Oc2cccc(C(F)(F)F)c2)nc2nc[nH]c2c1=O. The number of halogens is 3. The molecule has 1 N–H and O–H groups in total. The van der Waals surface area contributed by atoms with Gasteiger partial charge in [0.05, 0.1) is 11.9 Å².